The Morgan fingerprint density at radius 1 is 0.371 bits per heavy atom. The van der Waals surface area contributed by atoms with Gasteiger partial charge in [-0.3, -0.25) is 0 Å². The molecule has 6 unspecified atom stereocenters. The molecule has 0 aromatic rings. The Balaban J connectivity index is 0.000000265. The van der Waals surface area contributed by atoms with E-state index >= 15 is 0 Å². The molecule has 0 saturated heterocycles. The molecule has 0 heterocycles. The van der Waals surface area contributed by atoms with Crippen molar-refractivity contribution < 1.29 is 0 Å². The molecule has 0 aliphatic heterocycles. The van der Waals surface area contributed by atoms with Crippen LogP contribution in [0.4, 0.5) is 0 Å². The van der Waals surface area contributed by atoms with E-state index in [1.807, 2.05) is 0 Å². The van der Waals surface area contributed by atoms with E-state index in [0.717, 1.165) is 35.9 Å². The number of rotatable bonds is 6. The third-order valence-electron chi connectivity index (χ3n) is 9.67. The largest absolute Gasteiger partial charge is 0.306 e. The molecule has 3 saturated carbocycles. The van der Waals surface area contributed by atoms with E-state index in [9.17, 15) is 0 Å². The lowest BCUT2D eigenvalue weighted by molar-refractivity contribution is 0.168. The molecule has 0 radical (unpaired) electrons. The first-order chi connectivity index (χ1) is 16.8. The predicted octanol–water partition coefficient (Wildman–Crippen LogP) is 8.33. The first-order valence-electron chi connectivity index (χ1n) is 15.8. The molecule has 0 amide bonds. The van der Waals surface area contributed by atoms with Crippen molar-refractivity contribution in [2.45, 2.75) is 148 Å². The van der Waals surface area contributed by atoms with Crippen LogP contribution in [0, 0.1) is 17.8 Å². The Morgan fingerprint density at radius 3 is 0.943 bits per heavy atom. The summed E-state index contributed by atoms with van der Waals surface area (Å²) in [6.45, 7) is 7.00. The molecule has 3 aliphatic carbocycles. The molecule has 3 fully saturated rings. The average molecular weight is 494 g/mol. The summed E-state index contributed by atoms with van der Waals surface area (Å²) in [6.07, 6.45) is 24.4. The van der Waals surface area contributed by atoms with Crippen LogP contribution < -0.4 is 0 Å². The monoisotopic (exact) mass is 494 g/mol. The van der Waals surface area contributed by atoms with E-state index in [-0.39, 0.29) is 0 Å². The minimum absolute atomic E-state index is 0.852. The van der Waals surface area contributed by atoms with E-state index in [1.165, 1.54) is 109 Å². The molecule has 3 nitrogen and oxygen atoms in total. The summed E-state index contributed by atoms with van der Waals surface area (Å²) in [5.74, 6) is 2.90. The van der Waals surface area contributed by atoms with Gasteiger partial charge in [-0.05, 0) is 98.6 Å². The van der Waals surface area contributed by atoms with Crippen LogP contribution in [-0.2, 0) is 0 Å². The Bertz CT molecular complexity index is 489. The van der Waals surface area contributed by atoms with Gasteiger partial charge >= 0.3 is 0 Å². The van der Waals surface area contributed by atoms with Crippen LogP contribution >= 0.6 is 0 Å². The fourth-order valence-corrected chi connectivity index (χ4v) is 7.39. The van der Waals surface area contributed by atoms with Crippen molar-refractivity contribution in [1.29, 1.82) is 0 Å². The van der Waals surface area contributed by atoms with Gasteiger partial charge in [0.05, 0.1) is 0 Å². The molecule has 3 heteroatoms. The molecule has 0 aromatic heterocycles. The Kier molecular flexibility index (Phi) is 17.9. The summed E-state index contributed by atoms with van der Waals surface area (Å²) in [5.41, 5.74) is 0. The van der Waals surface area contributed by atoms with E-state index in [4.69, 9.17) is 0 Å². The SMILES string of the molecule is CCC1CCCC1N(C)C.CCC1CCCCCC1N(C)C.CCC1CCCCCCC1N(C)C. The summed E-state index contributed by atoms with van der Waals surface area (Å²) in [4.78, 5) is 7.26. The number of nitrogens with zero attached hydrogens (tertiary/aromatic N) is 3. The molecule has 6 atom stereocenters. The zero-order valence-corrected chi connectivity index (χ0v) is 25.8. The second-order valence-corrected chi connectivity index (χ2v) is 12.7. The molecule has 35 heavy (non-hydrogen) atoms. The van der Waals surface area contributed by atoms with E-state index in [0.29, 0.717) is 0 Å². The lowest BCUT2D eigenvalue weighted by Crippen LogP contribution is -2.35. The third kappa shape index (κ3) is 12.3. The van der Waals surface area contributed by atoms with Gasteiger partial charge in [-0.15, -0.1) is 0 Å². The maximum Gasteiger partial charge on any atom is 0.0117 e. The van der Waals surface area contributed by atoms with Crippen molar-refractivity contribution in [2.75, 3.05) is 42.3 Å². The van der Waals surface area contributed by atoms with Gasteiger partial charge in [-0.1, -0.05) is 91.4 Å². The van der Waals surface area contributed by atoms with Crippen LogP contribution in [0.3, 0.4) is 0 Å². The maximum absolute atomic E-state index is 2.44. The zero-order chi connectivity index (χ0) is 26.2. The topological polar surface area (TPSA) is 9.72 Å². The van der Waals surface area contributed by atoms with Crippen LogP contribution in [0.1, 0.15) is 130 Å². The molecular formula is C32H67N3. The highest BCUT2D eigenvalue weighted by molar-refractivity contribution is 4.82. The van der Waals surface area contributed by atoms with Gasteiger partial charge in [0.25, 0.3) is 0 Å². The molecule has 3 aliphatic rings. The summed E-state index contributed by atoms with van der Waals surface area (Å²) >= 11 is 0. The molecule has 0 aromatic carbocycles. The molecular weight excluding hydrogens is 426 g/mol. The van der Waals surface area contributed by atoms with E-state index < -0.39 is 0 Å². The van der Waals surface area contributed by atoms with Gasteiger partial charge in [0.15, 0.2) is 0 Å². The average Bonchev–Trinajstić information content (AvgIpc) is 3.16. The standard InChI is InChI=1S/C12H25N.C11H23N.C9H19N/c1-4-11-9-7-5-6-8-10-12(11)13(2)3;1-4-10-8-6-5-7-9-11(10)12(2)3;1-4-8-6-5-7-9(8)10(2)3/h11-12H,4-10H2,1-3H3;10-11H,4-9H2,1-3H3;8-9H,4-7H2,1-3H3. The number of hydrogen-bond acceptors (Lipinski definition) is 3. The molecule has 0 bridgehead atoms. The van der Waals surface area contributed by atoms with Crippen molar-refractivity contribution in [3.05, 3.63) is 0 Å². The molecule has 0 spiro atoms. The lowest BCUT2D eigenvalue weighted by Gasteiger charge is -2.33. The maximum atomic E-state index is 2.44. The minimum atomic E-state index is 0.852. The molecule has 3 rings (SSSR count). The van der Waals surface area contributed by atoms with Crippen LogP contribution in [0.25, 0.3) is 0 Å². The highest BCUT2D eigenvalue weighted by atomic mass is 15.1. The summed E-state index contributed by atoms with van der Waals surface area (Å²) in [7, 11) is 13.4. The van der Waals surface area contributed by atoms with Gasteiger partial charge in [0, 0.05) is 18.1 Å². The van der Waals surface area contributed by atoms with Crippen LogP contribution in [0.5, 0.6) is 0 Å². The summed E-state index contributed by atoms with van der Waals surface area (Å²) in [6, 6.07) is 2.59. The van der Waals surface area contributed by atoms with Crippen molar-refractivity contribution >= 4 is 0 Å². The highest BCUT2D eigenvalue weighted by Gasteiger charge is 2.27. The van der Waals surface area contributed by atoms with Gasteiger partial charge < -0.3 is 14.7 Å². The Hall–Kier alpha value is -0.120. The second kappa shape index (κ2) is 19.0. The third-order valence-corrected chi connectivity index (χ3v) is 9.67. The Labute approximate surface area is 222 Å². The lowest BCUT2D eigenvalue weighted by atomic mass is 9.84. The van der Waals surface area contributed by atoms with Gasteiger partial charge in [0.1, 0.15) is 0 Å². The summed E-state index contributed by atoms with van der Waals surface area (Å²) in [5, 5.41) is 0. The van der Waals surface area contributed by atoms with Crippen LogP contribution in [0.2, 0.25) is 0 Å². The second-order valence-electron chi connectivity index (χ2n) is 12.7. The normalized spacial score (nSPS) is 32.2. The first kappa shape index (κ1) is 32.9. The van der Waals surface area contributed by atoms with Crippen molar-refractivity contribution in [3.63, 3.8) is 0 Å². The molecule has 0 N–H and O–H groups in total. The van der Waals surface area contributed by atoms with Crippen molar-refractivity contribution in [3.8, 4) is 0 Å². The number of hydrogen-bond donors (Lipinski definition) is 0. The zero-order valence-electron chi connectivity index (χ0n) is 25.8. The van der Waals surface area contributed by atoms with Crippen molar-refractivity contribution in [1.82, 2.24) is 14.7 Å². The van der Waals surface area contributed by atoms with Gasteiger partial charge in [-0.2, -0.15) is 0 Å². The van der Waals surface area contributed by atoms with Gasteiger partial charge in [0.2, 0.25) is 0 Å². The van der Waals surface area contributed by atoms with Crippen LogP contribution in [-0.4, -0.2) is 75.1 Å². The highest BCUT2D eigenvalue weighted by Crippen LogP contribution is 2.31. The Morgan fingerprint density at radius 2 is 0.629 bits per heavy atom. The van der Waals surface area contributed by atoms with E-state index in [1.54, 1.807) is 0 Å². The quantitative estimate of drug-likeness (QED) is 0.344. The fourth-order valence-electron chi connectivity index (χ4n) is 7.39. The minimum Gasteiger partial charge on any atom is -0.306 e. The smallest absolute Gasteiger partial charge is 0.0117 e. The first-order valence-corrected chi connectivity index (χ1v) is 15.8. The van der Waals surface area contributed by atoms with E-state index in [2.05, 4.69) is 77.8 Å². The summed E-state index contributed by atoms with van der Waals surface area (Å²) < 4.78 is 0. The van der Waals surface area contributed by atoms with Gasteiger partial charge in [-0.25, -0.2) is 0 Å². The molecule has 210 valence electrons. The fraction of sp³-hybridized carbons (Fsp3) is 1.00. The predicted molar refractivity (Wildman–Crippen MR) is 158 cm³/mol. The van der Waals surface area contributed by atoms with Crippen molar-refractivity contribution in [2.24, 2.45) is 17.8 Å². The van der Waals surface area contributed by atoms with Crippen LogP contribution in [0.15, 0.2) is 0 Å².